The smallest absolute Gasteiger partial charge is 0.325 e. The molecule has 0 fully saturated rings. The summed E-state index contributed by atoms with van der Waals surface area (Å²) in [6.45, 7) is 7.81. The fraction of sp³-hybridized carbons (Fsp3) is 0.583. The maximum Gasteiger partial charge on any atom is 0.325 e. The van der Waals surface area contributed by atoms with Gasteiger partial charge in [-0.3, -0.25) is 19.2 Å². The van der Waals surface area contributed by atoms with Crippen molar-refractivity contribution in [3.63, 3.8) is 0 Å². The van der Waals surface area contributed by atoms with E-state index in [-0.39, 0.29) is 35.8 Å². The standard InChI is InChI=1S/C24H34O8/c1-15(2)7-5-13-23(19(25)26,20(27)28)17-9-11-18(12-10-17)24(21(29)30,22(31)32)14-6-8-16(3)4/h9-12,15-16H,5-8,13-14H2,1-4H3,(H,25,26)(H,27,28)(H,29,30)(H,31,32). The number of carboxylic acids is 4. The molecule has 0 aliphatic rings. The van der Waals surface area contributed by atoms with Crippen LogP contribution >= 0.6 is 0 Å². The van der Waals surface area contributed by atoms with Crippen LogP contribution in [0.25, 0.3) is 0 Å². The summed E-state index contributed by atoms with van der Waals surface area (Å²) in [5, 5.41) is 39.3. The van der Waals surface area contributed by atoms with Gasteiger partial charge in [-0.1, -0.05) is 77.6 Å². The second-order valence-electron chi connectivity index (χ2n) is 9.18. The summed E-state index contributed by atoms with van der Waals surface area (Å²) < 4.78 is 0. The lowest BCUT2D eigenvalue weighted by atomic mass is 9.72. The van der Waals surface area contributed by atoms with Crippen LogP contribution < -0.4 is 0 Å². The van der Waals surface area contributed by atoms with Gasteiger partial charge in [0.25, 0.3) is 0 Å². The van der Waals surface area contributed by atoms with Gasteiger partial charge in [-0.2, -0.15) is 0 Å². The average Bonchev–Trinajstić information content (AvgIpc) is 2.67. The fourth-order valence-electron chi connectivity index (χ4n) is 3.98. The van der Waals surface area contributed by atoms with Crippen LogP contribution in [-0.4, -0.2) is 44.3 Å². The zero-order valence-corrected chi connectivity index (χ0v) is 19.1. The maximum absolute atomic E-state index is 12.1. The van der Waals surface area contributed by atoms with E-state index in [4.69, 9.17) is 0 Å². The topological polar surface area (TPSA) is 149 Å². The normalized spacial score (nSPS) is 12.2. The lowest BCUT2D eigenvalue weighted by molar-refractivity contribution is -0.160. The molecule has 1 rings (SSSR count). The third-order valence-corrected chi connectivity index (χ3v) is 6.00. The summed E-state index contributed by atoms with van der Waals surface area (Å²) in [5.41, 5.74) is -4.42. The average molecular weight is 451 g/mol. The van der Waals surface area contributed by atoms with Gasteiger partial charge < -0.3 is 20.4 Å². The number of rotatable bonds is 14. The Morgan fingerprint density at radius 1 is 0.625 bits per heavy atom. The van der Waals surface area contributed by atoms with Gasteiger partial charge in [0.15, 0.2) is 10.8 Å². The van der Waals surface area contributed by atoms with E-state index in [2.05, 4.69) is 0 Å². The predicted molar refractivity (Wildman–Crippen MR) is 118 cm³/mol. The van der Waals surface area contributed by atoms with Gasteiger partial charge in [0.05, 0.1) is 0 Å². The SMILES string of the molecule is CC(C)CCCC(C(=O)O)(C(=O)O)c1ccc(C(CCCC(C)C)(C(=O)O)C(=O)O)cc1. The van der Waals surface area contributed by atoms with Gasteiger partial charge in [-0.05, 0) is 35.8 Å². The van der Waals surface area contributed by atoms with Gasteiger partial charge in [0.2, 0.25) is 0 Å². The van der Waals surface area contributed by atoms with E-state index in [0.717, 1.165) is 0 Å². The van der Waals surface area contributed by atoms with Crippen LogP contribution in [0.2, 0.25) is 0 Å². The van der Waals surface area contributed by atoms with Gasteiger partial charge in [-0.25, -0.2) is 0 Å². The minimum absolute atomic E-state index is 0.0168. The van der Waals surface area contributed by atoms with Crippen molar-refractivity contribution in [2.45, 2.75) is 77.0 Å². The molecule has 0 spiro atoms. The lowest BCUT2D eigenvalue weighted by Gasteiger charge is -2.28. The van der Waals surface area contributed by atoms with Crippen molar-refractivity contribution in [3.05, 3.63) is 35.4 Å². The second-order valence-corrected chi connectivity index (χ2v) is 9.18. The van der Waals surface area contributed by atoms with Crippen molar-refractivity contribution < 1.29 is 39.6 Å². The number of carbonyl (C=O) groups is 4. The molecule has 178 valence electrons. The molecule has 0 bridgehead atoms. The van der Waals surface area contributed by atoms with E-state index >= 15 is 0 Å². The van der Waals surface area contributed by atoms with E-state index in [0.29, 0.717) is 25.7 Å². The highest BCUT2D eigenvalue weighted by Crippen LogP contribution is 2.36. The highest BCUT2D eigenvalue weighted by Gasteiger charge is 2.50. The zero-order valence-electron chi connectivity index (χ0n) is 19.1. The Kier molecular flexibility index (Phi) is 9.42. The number of aliphatic carboxylic acids is 4. The van der Waals surface area contributed by atoms with Crippen LogP contribution in [0.15, 0.2) is 24.3 Å². The molecule has 0 saturated heterocycles. The third-order valence-electron chi connectivity index (χ3n) is 6.00. The zero-order chi connectivity index (χ0) is 24.7. The Labute approximate surface area is 188 Å². The van der Waals surface area contributed by atoms with Crippen LogP contribution in [0.1, 0.15) is 77.3 Å². The molecule has 4 N–H and O–H groups in total. The third kappa shape index (κ3) is 5.66. The largest absolute Gasteiger partial charge is 0.480 e. The van der Waals surface area contributed by atoms with E-state index in [9.17, 15) is 39.6 Å². The molecule has 1 aromatic carbocycles. The fourth-order valence-corrected chi connectivity index (χ4v) is 3.98. The summed E-state index contributed by atoms with van der Waals surface area (Å²) in [7, 11) is 0. The minimum atomic E-state index is -2.19. The highest BCUT2D eigenvalue weighted by molar-refractivity contribution is 6.06. The van der Waals surface area contributed by atoms with Crippen LogP contribution in [-0.2, 0) is 30.0 Å². The lowest BCUT2D eigenvalue weighted by Crippen LogP contribution is -2.45. The molecule has 0 aliphatic carbocycles. The molecule has 8 nitrogen and oxygen atoms in total. The quantitative estimate of drug-likeness (QED) is 0.309. The highest BCUT2D eigenvalue weighted by atomic mass is 16.4. The first kappa shape index (κ1) is 27.1. The molecule has 0 aromatic heterocycles. The molecule has 8 heteroatoms. The number of carboxylic acid groups (broad SMARTS) is 4. The van der Waals surface area contributed by atoms with Crippen LogP contribution in [0.5, 0.6) is 0 Å². The maximum atomic E-state index is 12.1. The van der Waals surface area contributed by atoms with Crippen LogP contribution in [0, 0.1) is 11.8 Å². The van der Waals surface area contributed by atoms with Crippen LogP contribution in [0.3, 0.4) is 0 Å². The van der Waals surface area contributed by atoms with E-state index in [1.54, 1.807) is 0 Å². The van der Waals surface area contributed by atoms with Crippen LogP contribution in [0.4, 0.5) is 0 Å². The molecule has 0 amide bonds. The molecule has 0 atom stereocenters. The van der Waals surface area contributed by atoms with Crippen molar-refractivity contribution in [2.24, 2.45) is 11.8 Å². The molecular weight excluding hydrogens is 416 g/mol. The molecule has 0 saturated carbocycles. The summed E-state index contributed by atoms with van der Waals surface area (Å²) in [6, 6.07) is 4.93. The Morgan fingerprint density at radius 3 is 1.06 bits per heavy atom. The van der Waals surface area contributed by atoms with Crippen molar-refractivity contribution in [3.8, 4) is 0 Å². The summed E-state index contributed by atoms with van der Waals surface area (Å²) in [5.74, 6) is -5.50. The second kappa shape index (κ2) is 11.1. The van der Waals surface area contributed by atoms with Crippen molar-refractivity contribution in [1.29, 1.82) is 0 Å². The first-order valence-electron chi connectivity index (χ1n) is 10.9. The van der Waals surface area contributed by atoms with E-state index < -0.39 is 34.7 Å². The monoisotopic (exact) mass is 450 g/mol. The predicted octanol–water partition coefficient (Wildman–Crippen LogP) is 4.15. The van der Waals surface area contributed by atoms with Crippen molar-refractivity contribution in [2.75, 3.05) is 0 Å². The van der Waals surface area contributed by atoms with Gasteiger partial charge in [0.1, 0.15) is 0 Å². The molecular formula is C24H34O8. The number of hydrogen-bond donors (Lipinski definition) is 4. The molecule has 0 unspecified atom stereocenters. The van der Waals surface area contributed by atoms with Crippen molar-refractivity contribution in [1.82, 2.24) is 0 Å². The Morgan fingerprint density at radius 2 is 0.875 bits per heavy atom. The van der Waals surface area contributed by atoms with Crippen molar-refractivity contribution >= 4 is 23.9 Å². The first-order chi connectivity index (χ1) is 14.8. The number of hydrogen-bond acceptors (Lipinski definition) is 4. The first-order valence-corrected chi connectivity index (χ1v) is 10.9. The summed E-state index contributed by atoms with van der Waals surface area (Å²) in [6.07, 6.45) is 1.79. The summed E-state index contributed by atoms with van der Waals surface area (Å²) >= 11 is 0. The van der Waals surface area contributed by atoms with Gasteiger partial charge >= 0.3 is 23.9 Å². The molecule has 0 aliphatic heterocycles. The van der Waals surface area contributed by atoms with Gasteiger partial charge in [0, 0.05) is 0 Å². The summed E-state index contributed by atoms with van der Waals surface area (Å²) in [4.78, 5) is 48.3. The number of benzene rings is 1. The Hall–Kier alpha value is -2.90. The Bertz CT molecular complexity index is 726. The van der Waals surface area contributed by atoms with E-state index in [1.165, 1.54) is 24.3 Å². The molecule has 0 heterocycles. The minimum Gasteiger partial charge on any atom is -0.480 e. The Balaban J connectivity index is 3.45. The molecule has 0 radical (unpaired) electrons. The van der Waals surface area contributed by atoms with Gasteiger partial charge in [-0.15, -0.1) is 0 Å². The molecule has 32 heavy (non-hydrogen) atoms. The van der Waals surface area contributed by atoms with E-state index in [1.807, 2.05) is 27.7 Å². The molecule has 1 aromatic rings.